The van der Waals surface area contributed by atoms with Crippen LogP contribution < -0.4 is 10.6 Å². The van der Waals surface area contributed by atoms with Crippen LogP contribution in [0, 0.1) is 17.8 Å². The van der Waals surface area contributed by atoms with Crippen LogP contribution in [0.25, 0.3) is 0 Å². The molecule has 1 heterocycles. The first-order valence-corrected chi connectivity index (χ1v) is 18.7. The summed E-state index contributed by atoms with van der Waals surface area (Å²) in [6, 6.07) is 5.96. The molecule has 0 bridgehead atoms. The minimum absolute atomic E-state index is 0.0291. The van der Waals surface area contributed by atoms with Crippen LogP contribution in [-0.2, 0) is 28.7 Å². The number of rotatable bonds is 20. The molecular formula is C39H67N5O8. The van der Waals surface area contributed by atoms with Gasteiger partial charge in [0.1, 0.15) is 6.04 Å². The number of ether oxygens (including phenoxy) is 2. The zero-order chi connectivity index (χ0) is 39.4. The number of hydrogen-bond acceptors (Lipinski definition) is 9. The molecule has 11 atom stereocenters. The van der Waals surface area contributed by atoms with E-state index in [1.165, 1.54) is 26.0 Å². The lowest BCUT2D eigenvalue weighted by atomic mass is 9.89. The lowest BCUT2D eigenvalue weighted by Gasteiger charge is -2.41. The van der Waals surface area contributed by atoms with Gasteiger partial charge in [-0.3, -0.25) is 24.1 Å². The van der Waals surface area contributed by atoms with E-state index in [9.17, 15) is 29.4 Å². The van der Waals surface area contributed by atoms with Crippen LogP contribution in [0.1, 0.15) is 85.8 Å². The average Bonchev–Trinajstić information content (AvgIpc) is 3.59. The molecule has 1 fully saturated rings. The third-order valence-electron chi connectivity index (χ3n) is 10.7. The van der Waals surface area contributed by atoms with E-state index < -0.39 is 60.4 Å². The number of amides is 4. The first-order valence-electron chi connectivity index (χ1n) is 18.7. The first kappa shape index (κ1) is 45.1. The normalized spacial score (nSPS) is 20.6. The lowest BCUT2D eigenvalue weighted by molar-refractivity contribution is -0.149. The number of carbonyl (C=O) groups excluding carboxylic acids is 4. The number of nitrogens with one attached hydrogen (secondary N) is 2. The van der Waals surface area contributed by atoms with Crippen molar-refractivity contribution in [3.05, 3.63) is 35.9 Å². The predicted molar refractivity (Wildman–Crippen MR) is 201 cm³/mol. The molecule has 0 saturated carbocycles. The highest BCUT2D eigenvalue weighted by Gasteiger charge is 2.43. The molecule has 1 aliphatic rings. The first-order chi connectivity index (χ1) is 24.4. The van der Waals surface area contributed by atoms with Crippen molar-refractivity contribution in [3.63, 3.8) is 0 Å². The number of methoxy groups -OCH3 is 2. The Morgan fingerprint density at radius 2 is 1.54 bits per heavy atom. The van der Waals surface area contributed by atoms with Crippen molar-refractivity contribution in [2.45, 2.75) is 129 Å². The molecule has 1 saturated heterocycles. The number of likely N-dealkylation sites (tertiary alicyclic amines) is 1. The minimum atomic E-state index is -1.20. The van der Waals surface area contributed by atoms with Crippen LogP contribution in [0.15, 0.2) is 30.3 Å². The molecular weight excluding hydrogens is 666 g/mol. The zero-order valence-electron chi connectivity index (χ0n) is 33.5. The van der Waals surface area contributed by atoms with E-state index in [0.29, 0.717) is 24.9 Å². The maximum Gasteiger partial charge on any atom is 0.247 e. The van der Waals surface area contributed by atoms with Crippen molar-refractivity contribution in [1.29, 1.82) is 0 Å². The van der Waals surface area contributed by atoms with Gasteiger partial charge in [-0.2, -0.15) is 0 Å². The fourth-order valence-corrected chi connectivity index (χ4v) is 7.66. The molecule has 52 heavy (non-hydrogen) atoms. The Morgan fingerprint density at radius 1 is 0.923 bits per heavy atom. The maximum absolute atomic E-state index is 14.1. The standard InChI is InChI=1S/C39H67N5O8/c1-13-24(4)34(43(10)39(50)32(27(7)45)41-38(49)33(23(2)3)42(8)9)30(51-11)22-31(46)44-21-17-20-29(44)36(52-12)25(5)37(48)40-26(6)35(47)28-18-15-14-16-19-28/h14-16,18-19,23-27,29-30,32-36,45,47H,13,17,20-22H2,1-12H3,(H,40,48)(H,41,49)/t24-,25+,26+,27+,29-,30+,32-,33?,34-,35+,36+/m0/s1. The van der Waals surface area contributed by atoms with Gasteiger partial charge in [0.2, 0.25) is 23.6 Å². The second-order valence-corrected chi connectivity index (χ2v) is 15.1. The van der Waals surface area contributed by atoms with Crippen molar-refractivity contribution in [2.75, 3.05) is 41.9 Å². The summed E-state index contributed by atoms with van der Waals surface area (Å²) < 4.78 is 11.8. The van der Waals surface area contributed by atoms with E-state index in [0.717, 1.165) is 6.42 Å². The molecule has 0 spiro atoms. The Bertz CT molecular complexity index is 1270. The quantitative estimate of drug-likeness (QED) is 0.158. The highest BCUT2D eigenvalue weighted by Crippen LogP contribution is 2.30. The fourth-order valence-electron chi connectivity index (χ4n) is 7.66. The van der Waals surface area contributed by atoms with E-state index in [4.69, 9.17) is 9.47 Å². The Hall–Kier alpha value is -3.10. The van der Waals surface area contributed by atoms with Gasteiger partial charge < -0.3 is 40.1 Å². The SMILES string of the molecule is CC[C@H](C)[C@@H]([C@@H](CC(=O)N1CCC[C@H]1[C@H](OC)[C@@H](C)C(=O)N[C@H](C)[C@@H](O)c1ccccc1)OC)N(C)C(=O)[C@@H](NC(=O)C(C(C)C)N(C)C)[C@@H](C)O. The summed E-state index contributed by atoms with van der Waals surface area (Å²) in [4.78, 5) is 59.9. The zero-order valence-corrected chi connectivity index (χ0v) is 33.5. The molecule has 13 heteroatoms. The monoisotopic (exact) mass is 733 g/mol. The third-order valence-corrected chi connectivity index (χ3v) is 10.7. The Labute approximate surface area is 311 Å². The van der Waals surface area contributed by atoms with Gasteiger partial charge in [-0.05, 0) is 58.2 Å². The van der Waals surface area contributed by atoms with Crippen LogP contribution in [0.5, 0.6) is 0 Å². The topological polar surface area (TPSA) is 161 Å². The van der Waals surface area contributed by atoms with Crippen molar-refractivity contribution in [1.82, 2.24) is 25.3 Å². The lowest BCUT2D eigenvalue weighted by Crippen LogP contribution is -2.61. The minimum Gasteiger partial charge on any atom is -0.391 e. The molecule has 0 aliphatic carbocycles. The molecule has 4 amide bonds. The number of aliphatic hydroxyl groups excluding tert-OH is 2. The van der Waals surface area contributed by atoms with Crippen LogP contribution >= 0.6 is 0 Å². The van der Waals surface area contributed by atoms with Crippen molar-refractivity contribution >= 4 is 23.6 Å². The number of nitrogens with zero attached hydrogens (tertiary/aromatic N) is 3. The van der Waals surface area contributed by atoms with Crippen LogP contribution in [0.3, 0.4) is 0 Å². The van der Waals surface area contributed by atoms with Crippen molar-refractivity contribution in [2.24, 2.45) is 17.8 Å². The number of hydrogen-bond donors (Lipinski definition) is 4. The molecule has 0 aromatic heterocycles. The fraction of sp³-hybridized carbons (Fsp3) is 0.744. The molecule has 2 rings (SSSR count). The van der Waals surface area contributed by atoms with Gasteiger partial charge in [0.05, 0.1) is 60.9 Å². The highest BCUT2D eigenvalue weighted by atomic mass is 16.5. The molecule has 296 valence electrons. The van der Waals surface area contributed by atoms with Gasteiger partial charge in [0.15, 0.2) is 0 Å². The van der Waals surface area contributed by atoms with Crippen molar-refractivity contribution < 1.29 is 38.9 Å². The van der Waals surface area contributed by atoms with Gasteiger partial charge in [0.25, 0.3) is 0 Å². The summed E-state index contributed by atoms with van der Waals surface area (Å²) in [6.07, 6.45) is -1.33. The number of benzene rings is 1. The third kappa shape index (κ3) is 11.4. The van der Waals surface area contributed by atoms with Gasteiger partial charge in [-0.15, -0.1) is 0 Å². The van der Waals surface area contributed by atoms with E-state index >= 15 is 0 Å². The van der Waals surface area contributed by atoms with E-state index in [1.807, 2.05) is 45.9 Å². The van der Waals surface area contributed by atoms with Crippen LogP contribution in [0.2, 0.25) is 0 Å². The molecule has 0 radical (unpaired) electrons. The second-order valence-electron chi connectivity index (χ2n) is 15.1. The number of aliphatic hydroxyl groups is 2. The van der Waals surface area contributed by atoms with E-state index in [2.05, 4.69) is 10.6 Å². The Morgan fingerprint density at radius 3 is 2.04 bits per heavy atom. The predicted octanol–water partition coefficient (Wildman–Crippen LogP) is 2.60. The Kier molecular flexibility index (Phi) is 18.2. The summed E-state index contributed by atoms with van der Waals surface area (Å²) in [6.45, 7) is 13.3. The van der Waals surface area contributed by atoms with Crippen molar-refractivity contribution in [3.8, 4) is 0 Å². The van der Waals surface area contributed by atoms with Gasteiger partial charge in [-0.1, -0.05) is 71.4 Å². The highest BCUT2D eigenvalue weighted by molar-refractivity contribution is 5.90. The molecule has 1 aromatic carbocycles. The molecule has 1 unspecified atom stereocenters. The summed E-state index contributed by atoms with van der Waals surface area (Å²) >= 11 is 0. The van der Waals surface area contributed by atoms with Gasteiger partial charge in [-0.25, -0.2) is 0 Å². The van der Waals surface area contributed by atoms with Gasteiger partial charge >= 0.3 is 0 Å². The van der Waals surface area contributed by atoms with Gasteiger partial charge in [0, 0.05) is 27.8 Å². The number of likely N-dealkylation sites (N-methyl/N-ethyl adjacent to an activating group) is 2. The largest absolute Gasteiger partial charge is 0.391 e. The maximum atomic E-state index is 14.1. The van der Waals surface area contributed by atoms with E-state index in [-0.39, 0.29) is 42.0 Å². The molecule has 13 nitrogen and oxygen atoms in total. The molecule has 1 aromatic rings. The number of carbonyl (C=O) groups is 4. The summed E-state index contributed by atoms with van der Waals surface area (Å²) in [5.41, 5.74) is 0.699. The smallest absolute Gasteiger partial charge is 0.247 e. The van der Waals surface area contributed by atoms with Crippen LogP contribution in [0.4, 0.5) is 0 Å². The molecule has 1 aliphatic heterocycles. The Balaban J connectivity index is 2.25. The summed E-state index contributed by atoms with van der Waals surface area (Å²) in [5, 5.41) is 27.2. The second kappa shape index (κ2) is 21.0. The van der Waals surface area contributed by atoms with Crippen LogP contribution in [-0.4, -0.2) is 139 Å². The average molecular weight is 734 g/mol. The van der Waals surface area contributed by atoms with E-state index in [1.54, 1.807) is 56.9 Å². The molecule has 4 N–H and O–H groups in total. The summed E-state index contributed by atoms with van der Waals surface area (Å²) in [5.74, 6) is -2.06. The summed E-state index contributed by atoms with van der Waals surface area (Å²) in [7, 11) is 8.26.